The van der Waals surface area contributed by atoms with Gasteiger partial charge in [-0.25, -0.2) is 0 Å². The molecular weight excluding hydrogens is 427 g/mol. The lowest BCUT2D eigenvalue weighted by atomic mass is 9.78. The van der Waals surface area contributed by atoms with Gasteiger partial charge in [0.05, 0.1) is 11.2 Å². The molecule has 1 aliphatic rings. The Bertz CT molecular complexity index is 928. The van der Waals surface area contributed by atoms with E-state index >= 15 is 0 Å². The lowest BCUT2D eigenvalue weighted by Crippen LogP contribution is -2.41. The molecule has 1 N–H and O–H groups in total. The second kappa shape index (κ2) is 11.4. The molecule has 2 aromatic rings. The lowest BCUT2D eigenvalue weighted by molar-refractivity contribution is -0.116. The highest BCUT2D eigenvalue weighted by atomic mass is 16.7. The molecule has 0 aliphatic carbocycles. The van der Waals surface area contributed by atoms with Gasteiger partial charge >= 0.3 is 7.12 Å². The third-order valence-corrected chi connectivity index (χ3v) is 6.57. The quantitative estimate of drug-likeness (QED) is 0.387. The summed E-state index contributed by atoms with van der Waals surface area (Å²) >= 11 is 0. The standard InChI is InChI=1S/C27H39BN2O4/c1-26(2)27(3,4)34-28(33-26)23-12-9-10-13-24(23)32-20-21-15-17-22(18-16-21)29-25(31)14-8-7-11-19-30(5)6/h9-10,12-13,15-18H,7-8,11,14,19-20H2,1-6H3,(H,29,31). The van der Waals surface area contributed by atoms with Crippen LogP contribution in [0.2, 0.25) is 0 Å². The van der Waals surface area contributed by atoms with Gasteiger partial charge in [-0.05, 0) is 84.9 Å². The summed E-state index contributed by atoms with van der Waals surface area (Å²) in [7, 11) is 3.67. The van der Waals surface area contributed by atoms with E-state index in [1.807, 2.05) is 76.2 Å². The monoisotopic (exact) mass is 466 g/mol. The first-order chi connectivity index (χ1) is 16.1. The Morgan fingerprint density at radius 1 is 0.941 bits per heavy atom. The Balaban J connectivity index is 1.50. The van der Waals surface area contributed by atoms with Crippen LogP contribution >= 0.6 is 0 Å². The predicted molar refractivity (Wildman–Crippen MR) is 139 cm³/mol. The molecule has 0 unspecified atom stereocenters. The van der Waals surface area contributed by atoms with Crippen LogP contribution in [-0.2, 0) is 20.7 Å². The molecule has 7 heteroatoms. The average Bonchev–Trinajstić information content (AvgIpc) is 2.99. The van der Waals surface area contributed by atoms with E-state index in [0.29, 0.717) is 13.0 Å². The molecule has 0 aromatic heterocycles. The number of nitrogens with one attached hydrogen (secondary N) is 1. The maximum Gasteiger partial charge on any atom is 0.498 e. The average molecular weight is 466 g/mol. The molecule has 3 rings (SSSR count). The fraction of sp³-hybridized carbons (Fsp3) is 0.519. The molecule has 6 nitrogen and oxygen atoms in total. The number of hydrogen-bond donors (Lipinski definition) is 1. The van der Waals surface area contributed by atoms with Gasteiger partial charge in [0.2, 0.25) is 5.91 Å². The van der Waals surface area contributed by atoms with Gasteiger partial charge < -0.3 is 24.3 Å². The highest BCUT2D eigenvalue weighted by molar-refractivity contribution is 6.63. The summed E-state index contributed by atoms with van der Waals surface area (Å²) in [6.45, 7) is 9.65. The van der Waals surface area contributed by atoms with E-state index < -0.39 is 18.3 Å². The summed E-state index contributed by atoms with van der Waals surface area (Å²) in [5, 5.41) is 2.98. The van der Waals surface area contributed by atoms with Crippen molar-refractivity contribution in [3.8, 4) is 5.75 Å². The first-order valence-corrected chi connectivity index (χ1v) is 12.2. The molecule has 34 heavy (non-hydrogen) atoms. The topological polar surface area (TPSA) is 60.0 Å². The van der Waals surface area contributed by atoms with Crippen molar-refractivity contribution in [1.29, 1.82) is 0 Å². The second-order valence-corrected chi connectivity index (χ2v) is 10.3. The minimum Gasteiger partial charge on any atom is -0.489 e. The highest BCUT2D eigenvalue weighted by Crippen LogP contribution is 2.37. The molecule has 2 aromatic carbocycles. The maximum absolute atomic E-state index is 12.2. The fourth-order valence-corrected chi connectivity index (χ4v) is 3.74. The van der Waals surface area contributed by atoms with Crippen LogP contribution in [0.1, 0.15) is 58.9 Å². The van der Waals surface area contributed by atoms with Crippen LogP contribution < -0.4 is 15.5 Å². The number of anilines is 1. The van der Waals surface area contributed by atoms with Crippen LogP contribution in [0.4, 0.5) is 5.69 Å². The zero-order valence-electron chi connectivity index (χ0n) is 21.5. The van der Waals surface area contributed by atoms with Gasteiger partial charge in [-0.15, -0.1) is 0 Å². The fourth-order valence-electron chi connectivity index (χ4n) is 3.74. The molecule has 1 amide bonds. The van der Waals surface area contributed by atoms with Crippen molar-refractivity contribution in [2.45, 2.75) is 71.2 Å². The van der Waals surface area contributed by atoms with Crippen LogP contribution in [0.15, 0.2) is 48.5 Å². The van der Waals surface area contributed by atoms with Gasteiger partial charge in [0.15, 0.2) is 0 Å². The summed E-state index contributed by atoms with van der Waals surface area (Å²) < 4.78 is 18.5. The van der Waals surface area contributed by atoms with Crippen molar-refractivity contribution < 1.29 is 18.8 Å². The van der Waals surface area contributed by atoms with Gasteiger partial charge in [-0.3, -0.25) is 4.79 Å². The van der Waals surface area contributed by atoms with Gasteiger partial charge in [-0.2, -0.15) is 0 Å². The molecule has 0 atom stereocenters. The number of benzene rings is 2. The van der Waals surface area contributed by atoms with Crippen molar-refractivity contribution in [1.82, 2.24) is 4.90 Å². The van der Waals surface area contributed by atoms with Crippen molar-refractivity contribution in [2.75, 3.05) is 26.0 Å². The number of amides is 1. The molecule has 184 valence electrons. The van der Waals surface area contributed by atoms with Gasteiger partial charge in [0.25, 0.3) is 0 Å². The molecular formula is C27H39BN2O4. The number of carbonyl (C=O) groups excluding carboxylic acids is 1. The first kappa shape index (κ1) is 26.3. The van der Waals surface area contributed by atoms with E-state index in [0.717, 1.165) is 48.3 Å². The van der Waals surface area contributed by atoms with E-state index in [2.05, 4.69) is 24.3 Å². The Morgan fingerprint density at radius 2 is 1.59 bits per heavy atom. The smallest absolute Gasteiger partial charge is 0.489 e. The number of unbranched alkanes of at least 4 members (excludes halogenated alkanes) is 2. The summed E-state index contributed by atoms with van der Waals surface area (Å²) in [5.74, 6) is 0.804. The van der Waals surface area contributed by atoms with Crippen LogP contribution in [0.5, 0.6) is 5.75 Å². The van der Waals surface area contributed by atoms with Crippen molar-refractivity contribution in [3.63, 3.8) is 0 Å². The number of rotatable bonds is 11. The van der Waals surface area contributed by atoms with Gasteiger partial charge in [0, 0.05) is 17.6 Å². The number of para-hydroxylation sites is 1. The second-order valence-electron chi connectivity index (χ2n) is 10.3. The zero-order chi connectivity index (χ0) is 24.8. The lowest BCUT2D eigenvalue weighted by Gasteiger charge is -2.32. The summed E-state index contributed by atoms with van der Waals surface area (Å²) in [6.07, 6.45) is 3.64. The van der Waals surface area contributed by atoms with Crippen LogP contribution in [0, 0.1) is 0 Å². The van der Waals surface area contributed by atoms with E-state index in [4.69, 9.17) is 14.0 Å². The molecule has 0 saturated carbocycles. The van der Waals surface area contributed by atoms with Gasteiger partial charge in [-0.1, -0.05) is 36.8 Å². The Labute approximate surface area is 205 Å². The van der Waals surface area contributed by atoms with Crippen LogP contribution in [-0.4, -0.2) is 49.8 Å². The third-order valence-electron chi connectivity index (χ3n) is 6.57. The first-order valence-electron chi connectivity index (χ1n) is 12.2. The van der Waals surface area contributed by atoms with Crippen molar-refractivity contribution >= 4 is 24.2 Å². The van der Waals surface area contributed by atoms with Crippen molar-refractivity contribution in [2.24, 2.45) is 0 Å². The predicted octanol–water partition coefficient (Wildman–Crippen LogP) is 4.63. The number of ether oxygens (including phenoxy) is 1. The minimum absolute atomic E-state index is 0.0604. The molecule has 0 radical (unpaired) electrons. The SMILES string of the molecule is CN(C)CCCCCC(=O)Nc1ccc(COc2ccccc2B2OC(C)(C)C(C)(C)O2)cc1. The Morgan fingerprint density at radius 3 is 2.24 bits per heavy atom. The van der Waals surface area contributed by atoms with Gasteiger partial charge in [0.1, 0.15) is 12.4 Å². The van der Waals surface area contributed by atoms with Crippen LogP contribution in [0.25, 0.3) is 0 Å². The largest absolute Gasteiger partial charge is 0.498 e. The Hall–Kier alpha value is -2.35. The minimum atomic E-state index is -0.471. The van der Waals surface area contributed by atoms with Crippen LogP contribution in [0.3, 0.4) is 0 Å². The highest BCUT2D eigenvalue weighted by Gasteiger charge is 2.52. The van der Waals surface area contributed by atoms with E-state index in [1.54, 1.807) is 0 Å². The van der Waals surface area contributed by atoms with E-state index in [9.17, 15) is 4.79 Å². The molecule has 1 saturated heterocycles. The zero-order valence-corrected chi connectivity index (χ0v) is 21.5. The molecule has 1 fully saturated rings. The molecule has 0 spiro atoms. The summed E-state index contributed by atoms with van der Waals surface area (Å²) in [6, 6.07) is 15.6. The number of nitrogens with zero attached hydrogens (tertiary/aromatic N) is 1. The molecule has 0 bridgehead atoms. The van der Waals surface area contributed by atoms with Crippen molar-refractivity contribution in [3.05, 3.63) is 54.1 Å². The number of carbonyl (C=O) groups is 1. The van der Waals surface area contributed by atoms with E-state index in [-0.39, 0.29) is 5.91 Å². The molecule has 1 heterocycles. The number of hydrogen-bond acceptors (Lipinski definition) is 5. The van der Waals surface area contributed by atoms with E-state index in [1.165, 1.54) is 0 Å². The summed E-state index contributed by atoms with van der Waals surface area (Å²) in [5.41, 5.74) is 1.90. The summed E-state index contributed by atoms with van der Waals surface area (Å²) in [4.78, 5) is 14.4. The molecule has 1 aliphatic heterocycles. The third kappa shape index (κ3) is 7.08. The Kier molecular flexibility index (Phi) is 8.80. The normalized spacial score (nSPS) is 16.6. The maximum atomic E-state index is 12.2.